The zero-order valence-corrected chi connectivity index (χ0v) is 17.4. The van der Waals surface area contributed by atoms with Crippen LogP contribution in [-0.4, -0.2) is 74.2 Å². The first-order chi connectivity index (χ1) is 13.4. The zero-order chi connectivity index (χ0) is 20.5. The largest absolute Gasteiger partial charge is 0.497 e. The van der Waals surface area contributed by atoms with Crippen molar-refractivity contribution in [3.63, 3.8) is 0 Å². The van der Waals surface area contributed by atoms with Gasteiger partial charge in [0.05, 0.1) is 20.3 Å². The third-order valence-electron chi connectivity index (χ3n) is 4.97. The fourth-order valence-corrected chi connectivity index (χ4v) is 3.12. The lowest BCUT2D eigenvalue weighted by molar-refractivity contribution is -0.143. The molecule has 1 N–H and O–H groups in total. The maximum absolute atomic E-state index is 12.7. The maximum Gasteiger partial charge on any atom is 0.242 e. The van der Waals surface area contributed by atoms with Crippen molar-refractivity contribution in [3.05, 3.63) is 29.8 Å². The SMILES string of the molecule is COc1ccc(CN(C(=O)C(C)C)[C@H](C)C(=O)NCCN2CCOCC2)cc1. The highest BCUT2D eigenvalue weighted by atomic mass is 16.5. The molecule has 1 aromatic carbocycles. The maximum atomic E-state index is 12.7. The third kappa shape index (κ3) is 6.49. The summed E-state index contributed by atoms with van der Waals surface area (Å²) in [5, 5.41) is 2.97. The Bertz CT molecular complexity index is 627. The molecule has 1 aliphatic rings. The predicted molar refractivity (Wildman–Crippen MR) is 108 cm³/mol. The minimum Gasteiger partial charge on any atom is -0.497 e. The Morgan fingerprint density at radius 1 is 1.18 bits per heavy atom. The molecule has 0 aliphatic carbocycles. The van der Waals surface area contributed by atoms with E-state index in [1.165, 1.54) is 0 Å². The van der Waals surface area contributed by atoms with Crippen molar-refractivity contribution in [1.82, 2.24) is 15.1 Å². The number of carbonyl (C=O) groups excluding carboxylic acids is 2. The van der Waals surface area contributed by atoms with E-state index in [1.807, 2.05) is 38.1 Å². The van der Waals surface area contributed by atoms with Crippen molar-refractivity contribution in [2.75, 3.05) is 46.5 Å². The Hall–Kier alpha value is -2.12. The van der Waals surface area contributed by atoms with E-state index in [4.69, 9.17) is 9.47 Å². The number of carbonyl (C=O) groups is 2. The van der Waals surface area contributed by atoms with Crippen molar-refractivity contribution in [3.8, 4) is 5.75 Å². The Balaban J connectivity index is 1.95. The van der Waals surface area contributed by atoms with Gasteiger partial charge in [-0.15, -0.1) is 0 Å². The Morgan fingerprint density at radius 2 is 1.82 bits per heavy atom. The number of hydrogen-bond acceptors (Lipinski definition) is 5. The van der Waals surface area contributed by atoms with Gasteiger partial charge in [0, 0.05) is 38.6 Å². The standard InChI is InChI=1S/C21H33N3O4/c1-16(2)21(26)24(15-18-5-7-19(27-4)8-6-18)17(3)20(25)22-9-10-23-11-13-28-14-12-23/h5-8,16-17H,9-15H2,1-4H3,(H,22,25)/t17-/m1/s1. The summed E-state index contributed by atoms with van der Waals surface area (Å²) in [6.45, 7) is 10.5. The van der Waals surface area contributed by atoms with Crippen LogP contribution < -0.4 is 10.1 Å². The highest BCUT2D eigenvalue weighted by Crippen LogP contribution is 2.16. The summed E-state index contributed by atoms with van der Waals surface area (Å²) >= 11 is 0. The molecule has 0 spiro atoms. The van der Waals surface area contributed by atoms with Crippen LogP contribution in [0.2, 0.25) is 0 Å². The summed E-state index contributed by atoms with van der Waals surface area (Å²) in [5.74, 6) is 0.420. The van der Waals surface area contributed by atoms with Crippen molar-refractivity contribution >= 4 is 11.8 Å². The molecule has 28 heavy (non-hydrogen) atoms. The quantitative estimate of drug-likeness (QED) is 0.691. The van der Waals surface area contributed by atoms with Crippen LogP contribution in [0.4, 0.5) is 0 Å². The lowest BCUT2D eigenvalue weighted by Crippen LogP contribution is -2.50. The van der Waals surface area contributed by atoms with Gasteiger partial charge in [0.1, 0.15) is 11.8 Å². The molecule has 7 nitrogen and oxygen atoms in total. The molecule has 0 saturated carbocycles. The number of methoxy groups -OCH3 is 1. The second kappa shape index (κ2) is 11.0. The molecular weight excluding hydrogens is 358 g/mol. The summed E-state index contributed by atoms with van der Waals surface area (Å²) in [6, 6.07) is 7.02. The van der Waals surface area contributed by atoms with Gasteiger partial charge in [-0.1, -0.05) is 26.0 Å². The number of nitrogens with one attached hydrogen (secondary N) is 1. The van der Waals surface area contributed by atoms with Crippen molar-refractivity contribution in [2.24, 2.45) is 5.92 Å². The van der Waals surface area contributed by atoms with Gasteiger partial charge in [-0.3, -0.25) is 14.5 Å². The number of hydrogen-bond donors (Lipinski definition) is 1. The molecule has 1 aromatic rings. The molecule has 1 aliphatic heterocycles. The van der Waals surface area contributed by atoms with Gasteiger partial charge < -0.3 is 19.7 Å². The topological polar surface area (TPSA) is 71.1 Å². The van der Waals surface area contributed by atoms with Gasteiger partial charge in [-0.25, -0.2) is 0 Å². The minimum absolute atomic E-state index is 0.0355. The highest BCUT2D eigenvalue weighted by Gasteiger charge is 2.27. The van der Waals surface area contributed by atoms with Gasteiger partial charge in [0.2, 0.25) is 11.8 Å². The van der Waals surface area contributed by atoms with Crippen LogP contribution >= 0.6 is 0 Å². The van der Waals surface area contributed by atoms with Crippen LogP contribution in [0.25, 0.3) is 0 Å². The fraction of sp³-hybridized carbons (Fsp3) is 0.619. The summed E-state index contributed by atoms with van der Waals surface area (Å²) in [7, 11) is 1.62. The molecule has 0 aromatic heterocycles. The van der Waals surface area contributed by atoms with E-state index in [-0.39, 0.29) is 17.7 Å². The van der Waals surface area contributed by atoms with Crippen LogP contribution in [0.5, 0.6) is 5.75 Å². The van der Waals surface area contributed by atoms with Crippen molar-refractivity contribution in [2.45, 2.75) is 33.4 Å². The molecule has 0 unspecified atom stereocenters. The number of nitrogens with zero attached hydrogens (tertiary/aromatic N) is 2. The van der Waals surface area contributed by atoms with Crippen LogP contribution in [0.1, 0.15) is 26.3 Å². The average molecular weight is 392 g/mol. The lowest BCUT2D eigenvalue weighted by atomic mass is 10.1. The van der Waals surface area contributed by atoms with E-state index in [1.54, 1.807) is 18.9 Å². The van der Waals surface area contributed by atoms with E-state index in [9.17, 15) is 9.59 Å². The van der Waals surface area contributed by atoms with Gasteiger partial charge >= 0.3 is 0 Å². The molecule has 2 amide bonds. The van der Waals surface area contributed by atoms with Crippen LogP contribution in [0, 0.1) is 5.92 Å². The highest BCUT2D eigenvalue weighted by molar-refractivity contribution is 5.88. The molecule has 0 radical (unpaired) electrons. The molecular formula is C21H33N3O4. The van der Waals surface area contributed by atoms with Crippen LogP contribution in [-0.2, 0) is 20.9 Å². The number of rotatable bonds is 9. The van der Waals surface area contributed by atoms with Crippen molar-refractivity contribution < 1.29 is 19.1 Å². The zero-order valence-electron chi connectivity index (χ0n) is 17.4. The van der Waals surface area contributed by atoms with Crippen molar-refractivity contribution in [1.29, 1.82) is 0 Å². The first-order valence-corrected chi connectivity index (χ1v) is 9.93. The molecule has 1 fully saturated rings. The van der Waals surface area contributed by atoms with Gasteiger partial charge in [0.15, 0.2) is 0 Å². The number of benzene rings is 1. The number of ether oxygens (including phenoxy) is 2. The molecule has 1 saturated heterocycles. The third-order valence-corrected chi connectivity index (χ3v) is 4.97. The second-order valence-electron chi connectivity index (χ2n) is 7.39. The molecule has 7 heteroatoms. The first-order valence-electron chi connectivity index (χ1n) is 9.93. The van der Waals surface area contributed by atoms with Crippen LogP contribution in [0.15, 0.2) is 24.3 Å². The van der Waals surface area contributed by atoms with E-state index >= 15 is 0 Å². The molecule has 156 valence electrons. The number of amides is 2. The summed E-state index contributed by atoms with van der Waals surface area (Å²) in [5.41, 5.74) is 0.961. The second-order valence-corrected chi connectivity index (χ2v) is 7.39. The minimum atomic E-state index is -0.540. The van der Waals surface area contributed by atoms with E-state index in [0.717, 1.165) is 44.2 Å². The number of morpholine rings is 1. The lowest BCUT2D eigenvalue weighted by Gasteiger charge is -2.31. The molecule has 1 heterocycles. The van der Waals surface area contributed by atoms with Crippen LogP contribution in [0.3, 0.4) is 0 Å². The predicted octanol–water partition coefficient (Wildman–Crippen LogP) is 1.52. The van der Waals surface area contributed by atoms with Gasteiger partial charge in [-0.2, -0.15) is 0 Å². The fourth-order valence-electron chi connectivity index (χ4n) is 3.12. The molecule has 0 bridgehead atoms. The Labute approximate surface area is 168 Å². The van der Waals surface area contributed by atoms with E-state index in [2.05, 4.69) is 10.2 Å². The smallest absolute Gasteiger partial charge is 0.242 e. The monoisotopic (exact) mass is 391 g/mol. The van der Waals surface area contributed by atoms with E-state index < -0.39 is 6.04 Å². The molecule has 1 atom stereocenters. The Morgan fingerprint density at radius 3 is 2.39 bits per heavy atom. The first kappa shape index (κ1) is 22.2. The summed E-state index contributed by atoms with van der Waals surface area (Å²) < 4.78 is 10.5. The van der Waals surface area contributed by atoms with E-state index in [0.29, 0.717) is 13.1 Å². The summed E-state index contributed by atoms with van der Waals surface area (Å²) in [6.07, 6.45) is 0. The van der Waals surface area contributed by atoms with Gasteiger partial charge in [0.25, 0.3) is 0 Å². The molecule has 2 rings (SSSR count). The normalized spacial score (nSPS) is 15.9. The average Bonchev–Trinajstić information content (AvgIpc) is 2.72. The van der Waals surface area contributed by atoms with Gasteiger partial charge in [-0.05, 0) is 24.6 Å². The summed E-state index contributed by atoms with van der Waals surface area (Å²) in [4.78, 5) is 29.3. The Kier molecular flexibility index (Phi) is 8.73.